The van der Waals surface area contributed by atoms with E-state index in [0.717, 1.165) is 35.7 Å². The molecule has 0 aliphatic heterocycles. The highest BCUT2D eigenvalue weighted by Gasteiger charge is 2.20. The van der Waals surface area contributed by atoms with Crippen LogP contribution in [0.5, 0.6) is 11.5 Å². The minimum Gasteiger partial charge on any atom is -0.493 e. The Morgan fingerprint density at radius 2 is 1.90 bits per heavy atom. The Bertz CT molecular complexity index is 975. The van der Waals surface area contributed by atoms with Gasteiger partial charge in [0.1, 0.15) is 18.2 Å². The highest BCUT2D eigenvalue weighted by Crippen LogP contribution is 2.35. The number of halogens is 2. The number of hydrogen-bond acceptors (Lipinski definition) is 4. The van der Waals surface area contributed by atoms with Gasteiger partial charge in [0.2, 0.25) is 0 Å². The fraction of sp³-hybridized carbons (Fsp3) is 0.304. The fourth-order valence-corrected chi connectivity index (χ4v) is 4.01. The first-order valence-electron chi connectivity index (χ1n) is 9.67. The number of methoxy groups -OCH3 is 1. The molecule has 2 aromatic carbocycles. The van der Waals surface area contributed by atoms with Crippen LogP contribution in [0.2, 0.25) is 0 Å². The lowest BCUT2D eigenvalue weighted by molar-refractivity contribution is -0.117. The van der Waals surface area contributed by atoms with E-state index in [1.807, 2.05) is 30.3 Å². The number of nitriles is 1. The molecule has 156 valence electrons. The summed E-state index contributed by atoms with van der Waals surface area (Å²) >= 11 is 6.93. The smallest absolute Gasteiger partial charge is 0.262 e. The summed E-state index contributed by atoms with van der Waals surface area (Å²) in [5, 5.41) is 12.4. The van der Waals surface area contributed by atoms with Gasteiger partial charge in [-0.3, -0.25) is 4.79 Å². The summed E-state index contributed by atoms with van der Waals surface area (Å²) in [5.41, 5.74) is 1.75. The van der Waals surface area contributed by atoms with Crippen LogP contribution in [0.4, 0.5) is 0 Å². The zero-order chi connectivity index (χ0) is 21.5. The summed E-state index contributed by atoms with van der Waals surface area (Å²) in [4.78, 5) is 12.5. The van der Waals surface area contributed by atoms with Gasteiger partial charge in [0.05, 0.1) is 7.11 Å². The van der Waals surface area contributed by atoms with Crippen LogP contribution in [0.15, 0.2) is 50.9 Å². The molecule has 0 atom stereocenters. The van der Waals surface area contributed by atoms with E-state index >= 15 is 0 Å². The molecule has 3 rings (SSSR count). The molecule has 1 aliphatic carbocycles. The molecule has 1 amide bonds. The van der Waals surface area contributed by atoms with Gasteiger partial charge in [0, 0.05) is 15.0 Å². The van der Waals surface area contributed by atoms with E-state index in [-0.39, 0.29) is 17.5 Å². The topological polar surface area (TPSA) is 71.3 Å². The highest BCUT2D eigenvalue weighted by atomic mass is 79.9. The predicted octanol–water partition coefficient (Wildman–Crippen LogP) is 5.76. The summed E-state index contributed by atoms with van der Waals surface area (Å²) in [5.74, 6) is 0.749. The average Bonchev–Trinajstić information content (AvgIpc) is 3.25. The van der Waals surface area contributed by atoms with Crippen LogP contribution in [0.1, 0.15) is 36.8 Å². The zero-order valence-electron chi connectivity index (χ0n) is 16.6. The van der Waals surface area contributed by atoms with Gasteiger partial charge in [0.25, 0.3) is 5.91 Å². The second-order valence-electron chi connectivity index (χ2n) is 7.06. The van der Waals surface area contributed by atoms with Crippen molar-refractivity contribution in [3.63, 3.8) is 0 Å². The number of carbonyl (C=O) groups is 1. The highest BCUT2D eigenvalue weighted by molar-refractivity contribution is 9.10. The molecule has 0 aromatic heterocycles. The molecule has 1 N–H and O–H groups in total. The van der Waals surface area contributed by atoms with Crippen molar-refractivity contribution in [1.82, 2.24) is 5.32 Å². The third-order valence-electron chi connectivity index (χ3n) is 4.95. The molecule has 30 heavy (non-hydrogen) atoms. The van der Waals surface area contributed by atoms with Crippen LogP contribution in [0.25, 0.3) is 6.08 Å². The molecule has 0 spiro atoms. The lowest BCUT2D eigenvalue weighted by atomic mass is 10.1. The van der Waals surface area contributed by atoms with Crippen molar-refractivity contribution >= 4 is 43.8 Å². The summed E-state index contributed by atoms with van der Waals surface area (Å²) in [6, 6.07) is 13.6. The van der Waals surface area contributed by atoms with E-state index in [0.29, 0.717) is 28.1 Å². The second-order valence-corrected chi connectivity index (χ2v) is 8.83. The lowest BCUT2D eigenvalue weighted by Crippen LogP contribution is -2.33. The summed E-state index contributed by atoms with van der Waals surface area (Å²) in [7, 11) is 1.56. The van der Waals surface area contributed by atoms with E-state index in [1.165, 1.54) is 0 Å². The molecule has 1 fully saturated rings. The van der Waals surface area contributed by atoms with Crippen LogP contribution in [-0.2, 0) is 11.4 Å². The van der Waals surface area contributed by atoms with Gasteiger partial charge in [-0.1, -0.05) is 56.8 Å². The first-order valence-corrected chi connectivity index (χ1v) is 11.3. The van der Waals surface area contributed by atoms with Crippen LogP contribution in [0, 0.1) is 11.3 Å². The Morgan fingerprint density at radius 3 is 2.53 bits per heavy atom. The Labute approximate surface area is 193 Å². The van der Waals surface area contributed by atoms with E-state index in [2.05, 4.69) is 37.2 Å². The summed E-state index contributed by atoms with van der Waals surface area (Å²) in [6.07, 6.45) is 5.72. The van der Waals surface area contributed by atoms with Crippen molar-refractivity contribution in [3.8, 4) is 17.6 Å². The van der Waals surface area contributed by atoms with Crippen molar-refractivity contribution in [3.05, 3.63) is 62.0 Å². The fourth-order valence-electron chi connectivity index (χ4n) is 3.31. The Hall–Kier alpha value is -2.30. The Morgan fingerprint density at radius 1 is 1.20 bits per heavy atom. The van der Waals surface area contributed by atoms with E-state index < -0.39 is 0 Å². The molecule has 5 nitrogen and oxygen atoms in total. The number of carbonyl (C=O) groups excluding carboxylic acids is 1. The molecule has 1 aliphatic rings. The van der Waals surface area contributed by atoms with Crippen LogP contribution < -0.4 is 14.8 Å². The van der Waals surface area contributed by atoms with Crippen LogP contribution in [-0.4, -0.2) is 19.1 Å². The maximum atomic E-state index is 12.5. The summed E-state index contributed by atoms with van der Waals surface area (Å²) in [6.45, 7) is 0.387. The number of benzene rings is 2. The predicted molar refractivity (Wildman–Crippen MR) is 123 cm³/mol. The molecule has 0 heterocycles. The monoisotopic (exact) mass is 532 g/mol. The van der Waals surface area contributed by atoms with Gasteiger partial charge in [-0.2, -0.15) is 5.26 Å². The molecule has 1 saturated carbocycles. The third-order valence-corrected chi connectivity index (χ3v) is 6.16. The molecule has 0 unspecified atom stereocenters. The van der Waals surface area contributed by atoms with Gasteiger partial charge in [-0.05, 0) is 54.3 Å². The van der Waals surface area contributed by atoms with Crippen molar-refractivity contribution in [2.75, 3.05) is 7.11 Å². The number of nitrogens with zero attached hydrogens (tertiary/aromatic N) is 1. The zero-order valence-corrected chi connectivity index (χ0v) is 19.8. The quantitative estimate of drug-likeness (QED) is 0.362. The van der Waals surface area contributed by atoms with E-state index in [1.54, 1.807) is 25.3 Å². The number of ether oxygens (including phenoxy) is 2. The average molecular weight is 534 g/mol. The number of nitrogens with one attached hydrogen (secondary N) is 1. The van der Waals surface area contributed by atoms with Gasteiger partial charge < -0.3 is 14.8 Å². The summed E-state index contributed by atoms with van der Waals surface area (Å²) < 4.78 is 13.1. The van der Waals surface area contributed by atoms with Gasteiger partial charge in [0.15, 0.2) is 11.5 Å². The standard InChI is InChI=1S/C23H22Br2N2O3/c1-29-21-11-16(10-17(13-26)23(28)27-19-4-2-3-5-19)20(25)12-22(21)30-14-15-6-8-18(24)9-7-15/h6-12,19H,2-5,14H2,1H3,(H,27,28)/b17-10-. The van der Waals surface area contributed by atoms with Crippen molar-refractivity contribution in [2.24, 2.45) is 0 Å². The van der Waals surface area contributed by atoms with E-state index in [4.69, 9.17) is 9.47 Å². The second kappa shape index (κ2) is 10.6. The first-order chi connectivity index (χ1) is 14.5. The third kappa shape index (κ3) is 5.87. The lowest BCUT2D eigenvalue weighted by Gasteiger charge is -2.14. The minimum absolute atomic E-state index is 0.0631. The largest absolute Gasteiger partial charge is 0.493 e. The molecule has 0 saturated heterocycles. The molecule has 7 heteroatoms. The van der Waals surface area contributed by atoms with Gasteiger partial charge in [-0.25, -0.2) is 0 Å². The molecule has 2 aromatic rings. The normalized spacial score (nSPS) is 14.3. The Balaban J connectivity index is 1.77. The van der Waals surface area contributed by atoms with Crippen LogP contribution in [0.3, 0.4) is 0 Å². The van der Waals surface area contributed by atoms with Crippen molar-refractivity contribution < 1.29 is 14.3 Å². The SMILES string of the molecule is COc1cc(/C=C(/C#N)C(=O)NC2CCCC2)c(Br)cc1OCc1ccc(Br)cc1. The van der Waals surface area contributed by atoms with Gasteiger partial charge >= 0.3 is 0 Å². The maximum absolute atomic E-state index is 12.5. The van der Waals surface area contributed by atoms with Crippen LogP contribution >= 0.6 is 31.9 Å². The first kappa shape index (κ1) is 22.4. The number of amides is 1. The number of rotatable bonds is 7. The van der Waals surface area contributed by atoms with Crippen molar-refractivity contribution in [2.45, 2.75) is 38.3 Å². The minimum atomic E-state index is -0.342. The molecule has 0 bridgehead atoms. The molecular weight excluding hydrogens is 512 g/mol. The van der Waals surface area contributed by atoms with Crippen molar-refractivity contribution in [1.29, 1.82) is 5.26 Å². The number of hydrogen-bond donors (Lipinski definition) is 1. The molecular formula is C23H22Br2N2O3. The molecule has 0 radical (unpaired) electrons. The maximum Gasteiger partial charge on any atom is 0.262 e. The van der Waals surface area contributed by atoms with E-state index in [9.17, 15) is 10.1 Å². The van der Waals surface area contributed by atoms with Gasteiger partial charge in [-0.15, -0.1) is 0 Å². The Kier molecular flexibility index (Phi) is 7.94.